The maximum Gasteiger partial charge on any atom is 0.485 e. The minimum atomic E-state index is -6.09. The first kappa shape index (κ1) is 32.3. The van der Waals surface area contributed by atoms with Gasteiger partial charge in [-0.1, -0.05) is 0 Å². The molecule has 0 saturated carbocycles. The van der Waals surface area contributed by atoms with Gasteiger partial charge >= 0.3 is 152 Å². The van der Waals surface area contributed by atoms with Crippen LogP contribution in [0.5, 0.6) is 0 Å². The fraction of sp³-hybridized carbons (Fsp3) is 0.261. The summed E-state index contributed by atoms with van der Waals surface area (Å²) in [5.41, 5.74) is -5.30. The Hall–Kier alpha value is -1.93. The largest absolute Gasteiger partial charge is 0.741 e. The Balaban J connectivity index is 0.000000264. The van der Waals surface area contributed by atoms with E-state index in [-0.39, 0.29) is 0 Å². The number of hydrogen-bond acceptors (Lipinski definition) is 6. The first-order valence-electron chi connectivity index (χ1n) is 10.5. The number of halogens is 6. The summed E-state index contributed by atoms with van der Waals surface area (Å²) in [4.78, 5) is 0. The Morgan fingerprint density at radius 1 is 0.684 bits per heavy atom. The molecule has 2 aliphatic carbocycles. The number of hydrogen-bond donors (Lipinski definition) is 0. The molecule has 0 aliphatic heterocycles. The molecule has 0 amide bonds. The van der Waals surface area contributed by atoms with E-state index >= 15 is 0 Å². The molecule has 2 aromatic rings. The molecule has 38 heavy (non-hydrogen) atoms. The van der Waals surface area contributed by atoms with E-state index in [2.05, 4.69) is 86.7 Å². The average Bonchev–Trinajstić information content (AvgIpc) is 3.37. The predicted molar refractivity (Wildman–Crippen MR) is 124 cm³/mol. The van der Waals surface area contributed by atoms with E-state index in [1.165, 1.54) is 11.1 Å². The van der Waals surface area contributed by atoms with Crippen LogP contribution in [0, 0.1) is 0 Å². The standard InChI is InChI=1S/2C9H7.C3H6.2CHF3O3S.Zr/c2*1-2-5-9-7-3-6-8(9)4-1;1-3-2;2*2-1(3,4)8(5,6)7;/h2*1-7H;1-2H3;2*(H,5,6,7);/q;;;;;+2/p-2. The third-order valence-electron chi connectivity index (χ3n) is 5.41. The van der Waals surface area contributed by atoms with Crippen LogP contribution >= 0.6 is 0 Å². The molecular weight excluding hydrogens is 642 g/mol. The summed E-state index contributed by atoms with van der Waals surface area (Å²) in [6.45, 7) is 4.75. The number of benzene rings is 2. The van der Waals surface area contributed by atoms with Crippen LogP contribution in [-0.4, -0.2) is 40.2 Å². The van der Waals surface area contributed by atoms with Crippen LogP contribution in [-0.2, 0) is 41.5 Å². The van der Waals surface area contributed by atoms with Gasteiger partial charge in [-0.05, 0) is 0 Å². The van der Waals surface area contributed by atoms with E-state index in [0.717, 1.165) is 0 Å². The van der Waals surface area contributed by atoms with Gasteiger partial charge in [0.25, 0.3) is 0 Å². The van der Waals surface area contributed by atoms with Crippen molar-refractivity contribution in [3.05, 3.63) is 82.9 Å². The van der Waals surface area contributed by atoms with Gasteiger partial charge in [-0.3, -0.25) is 0 Å². The Kier molecular flexibility index (Phi) is 10.3. The van der Waals surface area contributed by atoms with Gasteiger partial charge < -0.3 is 9.11 Å². The van der Waals surface area contributed by atoms with Crippen molar-refractivity contribution < 1.29 is 73.6 Å². The van der Waals surface area contributed by atoms with Crippen LogP contribution in [0.25, 0.3) is 12.2 Å². The van der Waals surface area contributed by atoms with E-state index in [0.29, 0.717) is 7.25 Å². The maximum absolute atomic E-state index is 10.7. The topological polar surface area (TPSA) is 114 Å². The van der Waals surface area contributed by atoms with Crippen LogP contribution in [0.2, 0.25) is 0 Å². The smallest absolute Gasteiger partial charge is 0.485 e. The van der Waals surface area contributed by atoms with Crippen molar-refractivity contribution in [2.45, 2.75) is 32.1 Å². The molecule has 2 aromatic carbocycles. The van der Waals surface area contributed by atoms with Gasteiger partial charge in [0.2, 0.25) is 0 Å². The van der Waals surface area contributed by atoms with Crippen molar-refractivity contribution in [2.75, 3.05) is 0 Å². The molecule has 2 atom stereocenters. The molecule has 0 fully saturated rings. The van der Waals surface area contributed by atoms with E-state index in [9.17, 15) is 26.3 Å². The summed E-state index contributed by atoms with van der Waals surface area (Å²) in [7, 11) is -12.2. The van der Waals surface area contributed by atoms with Crippen LogP contribution in [0.4, 0.5) is 26.3 Å². The zero-order valence-corrected chi connectivity index (χ0v) is 23.7. The molecule has 4 rings (SSSR count). The molecule has 0 saturated heterocycles. The van der Waals surface area contributed by atoms with E-state index < -0.39 is 52.5 Å². The van der Waals surface area contributed by atoms with Crippen LogP contribution < -0.4 is 0 Å². The quantitative estimate of drug-likeness (QED) is 0.240. The van der Waals surface area contributed by atoms with E-state index in [4.69, 9.17) is 25.9 Å². The van der Waals surface area contributed by atoms with Crippen molar-refractivity contribution in [3.8, 4) is 0 Å². The summed E-state index contributed by atoms with van der Waals surface area (Å²) in [6.07, 6.45) is 9.66. The first-order chi connectivity index (χ1) is 17.3. The minimum Gasteiger partial charge on any atom is -0.741 e. The zero-order valence-electron chi connectivity index (χ0n) is 19.6. The van der Waals surface area contributed by atoms with Gasteiger partial charge in [0, 0.05) is 0 Å². The van der Waals surface area contributed by atoms with E-state index in [1.54, 1.807) is 14.3 Å². The fourth-order valence-electron chi connectivity index (χ4n) is 3.86. The van der Waals surface area contributed by atoms with Crippen molar-refractivity contribution in [1.82, 2.24) is 0 Å². The Bertz CT molecular complexity index is 1370. The molecule has 0 heterocycles. The molecule has 0 aromatic heterocycles. The van der Waals surface area contributed by atoms with Gasteiger partial charge in [-0.15, -0.1) is 0 Å². The Labute approximate surface area is 223 Å². The van der Waals surface area contributed by atoms with Gasteiger partial charge in [0.15, 0.2) is 20.2 Å². The van der Waals surface area contributed by atoms with Crippen LogP contribution in [0.15, 0.2) is 60.7 Å². The summed E-state index contributed by atoms with van der Waals surface area (Å²) in [5.74, 6) is 0. The van der Waals surface area contributed by atoms with Gasteiger partial charge in [-0.2, -0.15) is 26.3 Å². The fourth-order valence-corrected chi connectivity index (χ4v) is 12.3. The third-order valence-corrected chi connectivity index (χ3v) is 15.2. The van der Waals surface area contributed by atoms with Crippen LogP contribution in [0.1, 0.15) is 43.4 Å². The number of allylic oxidation sites excluding steroid dienone is 2. The second kappa shape index (κ2) is 12.1. The molecular formula is C23H20F6O6S2Zr. The van der Waals surface area contributed by atoms with Crippen LogP contribution in [0.3, 0.4) is 0 Å². The molecule has 0 N–H and O–H groups in total. The second-order valence-corrected chi connectivity index (χ2v) is 18.7. The molecule has 15 heteroatoms. The molecule has 206 valence electrons. The number of alkyl halides is 6. The summed E-state index contributed by atoms with van der Waals surface area (Å²) in [5, 5.41) is 0. The minimum absolute atomic E-state index is 0.685. The van der Waals surface area contributed by atoms with Crippen molar-refractivity contribution in [3.63, 3.8) is 0 Å². The third kappa shape index (κ3) is 8.04. The molecule has 2 unspecified atom stereocenters. The normalized spacial score (nSPS) is 17.7. The number of rotatable bonds is 2. The SMILES string of the molecule is C[C](C)=[Zr+2]([CH]1C=Cc2ccccc21)[CH]1C=Cc2ccccc21.O=S(=O)([O-])C(F)(F)F.O=S(=O)([O-])C(F)(F)F. The first-order valence-corrected chi connectivity index (χ1v) is 17.4. The molecule has 0 bridgehead atoms. The van der Waals surface area contributed by atoms with Crippen molar-refractivity contribution in [1.29, 1.82) is 0 Å². The molecule has 2 aliphatic rings. The molecule has 0 radical (unpaired) electrons. The van der Waals surface area contributed by atoms with Crippen molar-refractivity contribution >= 4 is 35.6 Å². The van der Waals surface area contributed by atoms with Gasteiger partial charge in [-0.25, -0.2) is 16.8 Å². The summed E-state index contributed by atoms with van der Waals surface area (Å²) in [6, 6.07) is 17.9. The summed E-state index contributed by atoms with van der Waals surface area (Å²) < 4.78 is 121. The molecule has 0 spiro atoms. The van der Waals surface area contributed by atoms with Gasteiger partial charge in [0.1, 0.15) is 0 Å². The predicted octanol–water partition coefficient (Wildman–Crippen LogP) is 5.46. The Morgan fingerprint density at radius 3 is 1.24 bits per heavy atom. The van der Waals surface area contributed by atoms with Crippen molar-refractivity contribution in [2.24, 2.45) is 0 Å². The molecule has 6 nitrogen and oxygen atoms in total. The monoisotopic (exact) mass is 660 g/mol. The maximum atomic E-state index is 10.7. The zero-order chi connectivity index (χ0) is 29.1. The summed E-state index contributed by atoms with van der Waals surface area (Å²) >= 11 is -1.84. The van der Waals surface area contributed by atoms with E-state index in [1.807, 2.05) is 0 Å². The second-order valence-electron chi connectivity index (χ2n) is 8.19. The Morgan fingerprint density at radius 2 is 0.974 bits per heavy atom. The number of fused-ring (bicyclic) bond motifs is 2. The van der Waals surface area contributed by atoms with Gasteiger partial charge in [0.05, 0.1) is 0 Å². The average molecular weight is 662 g/mol.